The van der Waals surface area contributed by atoms with Gasteiger partial charge in [0.05, 0.1) is 0 Å². The third kappa shape index (κ3) is 2.54. The van der Waals surface area contributed by atoms with Gasteiger partial charge in [0.2, 0.25) is 0 Å². The summed E-state index contributed by atoms with van der Waals surface area (Å²) in [5, 5.41) is 0. The van der Waals surface area contributed by atoms with Gasteiger partial charge >= 0.3 is 0 Å². The molecule has 0 saturated carbocycles. The summed E-state index contributed by atoms with van der Waals surface area (Å²) in [4.78, 5) is 0. The van der Waals surface area contributed by atoms with E-state index in [-0.39, 0.29) is 0 Å². The van der Waals surface area contributed by atoms with Crippen LogP contribution in [0, 0.1) is 0 Å². The predicted octanol–water partition coefficient (Wildman–Crippen LogP) is 4.06. The van der Waals surface area contributed by atoms with Crippen molar-refractivity contribution in [3.63, 3.8) is 0 Å². The van der Waals surface area contributed by atoms with Crippen molar-refractivity contribution in [2.75, 3.05) is 5.73 Å². The van der Waals surface area contributed by atoms with E-state index in [1.54, 1.807) is 0 Å². The van der Waals surface area contributed by atoms with Crippen LogP contribution < -0.4 is 11.5 Å². The van der Waals surface area contributed by atoms with Crippen molar-refractivity contribution in [3.8, 4) is 22.3 Å². The fourth-order valence-corrected chi connectivity index (χ4v) is 2.63. The summed E-state index contributed by atoms with van der Waals surface area (Å²) >= 11 is 0. The molecule has 0 fully saturated rings. The van der Waals surface area contributed by atoms with Gasteiger partial charge in [0.25, 0.3) is 0 Å². The molecule has 0 atom stereocenters. The molecule has 0 amide bonds. The molecule has 21 heavy (non-hydrogen) atoms. The Labute approximate surface area is 125 Å². The van der Waals surface area contributed by atoms with Crippen molar-refractivity contribution >= 4 is 5.69 Å². The molecule has 0 spiro atoms. The molecule has 0 unspecified atom stereocenters. The van der Waals surface area contributed by atoms with Gasteiger partial charge in [-0.3, -0.25) is 0 Å². The molecule has 0 saturated heterocycles. The van der Waals surface area contributed by atoms with Crippen molar-refractivity contribution in [1.82, 2.24) is 0 Å². The second-order valence-corrected chi connectivity index (χ2v) is 4.99. The Bertz CT molecular complexity index is 749. The Kier molecular flexibility index (Phi) is 3.71. The quantitative estimate of drug-likeness (QED) is 0.708. The fraction of sp³-hybridized carbons (Fsp3) is 0.0526. The van der Waals surface area contributed by atoms with Crippen LogP contribution in [-0.4, -0.2) is 0 Å². The highest BCUT2D eigenvalue weighted by molar-refractivity contribution is 5.89. The van der Waals surface area contributed by atoms with Gasteiger partial charge in [-0.2, -0.15) is 0 Å². The average Bonchev–Trinajstić information content (AvgIpc) is 2.56. The second-order valence-electron chi connectivity index (χ2n) is 4.99. The van der Waals surface area contributed by atoms with Crippen LogP contribution in [0.5, 0.6) is 0 Å². The highest BCUT2D eigenvalue weighted by Gasteiger charge is 2.10. The summed E-state index contributed by atoms with van der Waals surface area (Å²) in [5.74, 6) is 0. The summed E-state index contributed by atoms with van der Waals surface area (Å²) in [5.41, 5.74) is 18.5. The highest BCUT2D eigenvalue weighted by atomic mass is 14.6. The normalized spacial score (nSPS) is 10.5. The standard InChI is InChI=1S/C19H18N2/c20-13-15-9-4-5-10-16(15)18-12-6-11-17(19(18)21)14-7-2-1-3-8-14/h1-12H,13,20-21H2. The molecule has 0 radical (unpaired) electrons. The van der Waals surface area contributed by atoms with E-state index in [1.165, 1.54) is 0 Å². The molecule has 4 N–H and O–H groups in total. The zero-order chi connectivity index (χ0) is 14.7. The summed E-state index contributed by atoms with van der Waals surface area (Å²) < 4.78 is 0. The number of nitrogens with two attached hydrogens (primary N) is 2. The number of hydrogen-bond donors (Lipinski definition) is 2. The van der Waals surface area contributed by atoms with E-state index in [9.17, 15) is 0 Å². The Morgan fingerprint density at radius 1 is 0.619 bits per heavy atom. The zero-order valence-corrected chi connectivity index (χ0v) is 11.8. The fourth-order valence-electron chi connectivity index (χ4n) is 2.63. The lowest BCUT2D eigenvalue weighted by Gasteiger charge is -2.14. The maximum atomic E-state index is 6.43. The first-order valence-corrected chi connectivity index (χ1v) is 7.03. The van der Waals surface area contributed by atoms with Crippen LogP contribution in [-0.2, 0) is 6.54 Å². The van der Waals surface area contributed by atoms with Crippen molar-refractivity contribution in [2.24, 2.45) is 5.73 Å². The lowest BCUT2D eigenvalue weighted by molar-refractivity contribution is 1.07. The molecule has 0 aliphatic rings. The first-order valence-electron chi connectivity index (χ1n) is 7.03. The maximum Gasteiger partial charge on any atom is 0.0473 e. The maximum absolute atomic E-state index is 6.43. The number of nitrogen functional groups attached to an aromatic ring is 1. The third-order valence-electron chi connectivity index (χ3n) is 3.72. The van der Waals surface area contributed by atoms with Crippen molar-refractivity contribution in [2.45, 2.75) is 6.54 Å². The van der Waals surface area contributed by atoms with Crippen molar-refractivity contribution < 1.29 is 0 Å². The lowest BCUT2D eigenvalue weighted by Crippen LogP contribution is -2.01. The van der Waals surface area contributed by atoms with Gasteiger partial charge in [-0.05, 0) is 16.7 Å². The number of hydrogen-bond acceptors (Lipinski definition) is 2. The van der Waals surface area contributed by atoms with E-state index in [2.05, 4.69) is 30.3 Å². The molecular weight excluding hydrogens is 256 g/mol. The van der Waals surface area contributed by atoms with E-state index >= 15 is 0 Å². The molecule has 0 aromatic heterocycles. The largest absolute Gasteiger partial charge is 0.398 e. The Morgan fingerprint density at radius 3 is 2.00 bits per heavy atom. The number of benzene rings is 3. The van der Waals surface area contributed by atoms with E-state index in [1.807, 2.05) is 42.5 Å². The predicted molar refractivity (Wildman–Crippen MR) is 89.6 cm³/mol. The van der Waals surface area contributed by atoms with Gasteiger partial charge in [-0.25, -0.2) is 0 Å². The molecule has 0 bridgehead atoms. The Hall–Kier alpha value is -2.58. The summed E-state index contributed by atoms with van der Waals surface area (Å²) in [6.07, 6.45) is 0. The lowest BCUT2D eigenvalue weighted by atomic mass is 9.93. The van der Waals surface area contributed by atoms with Crippen LogP contribution in [0.3, 0.4) is 0 Å². The van der Waals surface area contributed by atoms with Gasteiger partial charge in [0.15, 0.2) is 0 Å². The molecule has 3 rings (SSSR count). The molecule has 0 aliphatic heterocycles. The van der Waals surface area contributed by atoms with Crippen LogP contribution in [0.1, 0.15) is 5.56 Å². The van der Waals surface area contributed by atoms with Gasteiger partial charge in [-0.15, -0.1) is 0 Å². The molecule has 104 valence electrons. The van der Waals surface area contributed by atoms with Crippen molar-refractivity contribution in [1.29, 1.82) is 0 Å². The minimum atomic E-state index is 0.505. The van der Waals surface area contributed by atoms with Crippen LogP contribution >= 0.6 is 0 Å². The zero-order valence-electron chi connectivity index (χ0n) is 11.8. The van der Waals surface area contributed by atoms with Crippen LogP contribution in [0.2, 0.25) is 0 Å². The first kappa shape index (κ1) is 13.4. The summed E-state index contributed by atoms with van der Waals surface area (Å²) in [6, 6.07) is 24.5. The molecule has 2 heteroatoms. The minimum Gasteiger partial charge on any atom is -0.398 e. The third-order valence-corrected chi connectivity index (χ3v) is 3.72. The smallest absolute Gasteiger partial charge is 0.0473 e. The van der Waals surface area contributed by atoms with Gasteiger partial charge in [0.1, 0.15) is 0 Å². The van der Waals surface area contributed by atoms with E-state index in [4.69, 9.17) is 11.5 Å². The van der Waals surface area contributed by atoms with Gasteiger partial charge < -0.3 is 11.5 Å². The van der Waals surface area contributed by atoms with Gasteiger partial charge in [-0.1, -0.05) is 72.8 Å². The van der Waals surface area contributed by atoms with Crippen molar-refractivity contribution in [3.05, 3.63) is 78.4 Å². The first-order chi connectivity index (χ1) is 10.3. The summed E-state index contributed by atoms with van der Waals surface area (Å²) in [6.45, 7) is 0.505. The topological polar surface area (TPSA) is 52.0 Å². The van der Waals surface area contributed by atoms with Crippen LogP contribution in [0.15, 0.2) is 72.8 Å². The molecule has 3 aromatic rings. The van der Waals surface area contributed by atoms with E-state index in [0.29, 0.717) is 6.54 Å². The molecule has 0 aliphatic carbocycles. The number of anilines is 1. The SMILES string of the molecule is NCc1ccccc1-c1cccc(-c2ccccc2)c1N. The number of rotatable bonds is 3. The van der Waals surface area contributed by atoms with E-state index in [0.717, 1.165) is 33.5 Å². The molecule has 3 aromatic carbocycles. The highest BCUT2D eigenvalue weighted by Crippen LogP contribution is 2.35. The Balaban J connectivity index is 2.18. The minimum absolute atomic E-state index is 0.505. The average molecular weight is 274 g/mol. The second kappa shape index (κ2) is 5.81. The number of para-hydroxylation sites is 1. The van der Waals surface area contributed by atoms with Crippen LogP contribution in [0.25, 0.3) is 22.3 Å². The summed E-state index contributed by atoms with van der Waals surface area (Å²) in [7, 11) is 0. The molecule has 0 heterocycles. The molecular formula is C19H18N2. The monoisotopic (exact) mass is 274 g/mol. The Morgan fingerprint density at radius 2 is 1.24 bits per heavy atom. The molecule has 2 nitrogen and oxygen atoms in total. The van der Waals surface area contributed by atoms with E-state index < -0.39 is 0 Å². The van der Waals surface area contributed by atoms with Crippen LogP contribution in [0.4, 0.5) is 5.69 Å². The van der Waals surface area contributed by atoms with Gasteiger partial charge in [0, 0.05) is 23.4 Å².